The highest BCUT2D eigenvalue weighted by Crippen LogP contribution is 2.32. The molecule has 4 rings (SSSR count). The van der Waals surface area contributed by atoms with Crippen molar-refractivity contribution >= 4 is 28.8 Å². The molecule has 0 spiro atoms. The van der Waals surface area contributed by atoms with E-state index in [9.17, 15) is 9.59 Å². The molecular weight excluding hydrogens is 408 g/mol. The Balaban J connectivity index is 1.80. The minimum Gasteiger partial charge on any atom is -0.351 e. The Labute approximate surface area is 186 Å². The predicted octanol–water partition coefficient (Wildman–Crippen LogP) is 4.60. The summed E-state index contributed by atoms with van der Waals surface area (Å²) in [6, 6.07) is 12.4. The van der Waals surface area contributed by atoms with Gasteiger partial charge in [0.25, 0.3) is 5.91 Å². The topological polar surface area (TPSA) is 75.2 Å². The van der Waals surface area contributed by atoms with Gasteiger partial charge in [0.1, 0.15) is 10.9 Å². The SMILES string of the molecule is Cc1nc(C)c(C(=O)N(c2cccnc2)[C@H](C(=O)NC2CCCC2)c2ccccc2)s1. The zero-order chi connectivity index (χ0) is 21.8. The van der Waals surface area contributed by atoms with Crippen LogP contribution in [-0.2, 0) is 4.79 Å². The van der Waals surface area contributed by atoms with Crippen LogP contribution >= 0.6 is 11.3 Å². The molecule has 2 heterocycles. The second-order valence-electron chi connectivity index (χ2n) is 7.84. The summed E-state index contributed by atoms with van der Waals surface area (Å²) in [7, 11) is 0. The Kier molecular flexibility index (Phi) is 6.42. The monoisotopic (exact) mass is 434 g/mol. The minimum atomic E-state index is -0.805. The van der Waals surface area contributed by atoms with Gasteiger partial charge in [0.15, 0.2) is 0 Å². The van der Waals surface area contributed by atoms with E-state index in [0.717, 1.165) is 36.3 Å². The van der Waals surface area contributed by atoms with Crippen molar-refractivity contribution in [3.8, 4) is 0 Å². The summed E-state index contributed by atoms with van der Waals surface area (Å²) in [5, 5.41) is 4.01. The Morgan fingerprint density at radius 2 is 1.84 bits per heavy atom. The molecule has 7 heteroatoms. The van der Waals surface area contributed by atoms with Crippen LogP contribution in [0.2, 0.25) is 0 Å². The first-order valence-corrected chi connectivity index (χ1v) is 11.4. The van der Waals surface area contributed by atoms with Crippen LogP contribution in [0.4, 0.5) is 5.69 Å². The van der Waals surface area contributed by atoms with Crippen LogP contribution in [0.5, 0.6) is 0 Å². The standard InChI is InChI=1S/C24H26N4O2S/c1-16-22(31-17(2)26-16)24(30)28(20-13-8-14-25-15-20)21(18-9-4-3-5-10-18)23(29)27-19-11-6-7-12-19/h3-5,8-10,13-15,19,21H,6-7,11-12H2,1-2H3,(H,27,29)/t21-/m0/s1. The number of amides is 2. The molecule has 0 unspecified atom stereocenters. The second-order valence-corrected chi connectivity index (χ2v) is 9.04. The summed E-state index contributed by atoms with van der Waals surface area (Å²) in [4.78, 5) is 38.2. The normalized spacial score (nSPS) is 14.9. The third-order valence-corrected chi connectivity index (χ3v) is 6.62. The van der Waals surface area contributed by atoms with Crippen LogP contribution in [0, 0.1) is 13.8 Å². The van der Waals surface area contributed by atoms with Gasteiger partial charge in [-0.1, -0.05) is 43.2 Å². The first kappa shape index (κ1) is 21.2. The fourth-order valence-corrected chi connectivity index (χ4v) is 4.98. The number of nitrogens with one attached hydrogen (secondary N) is 1. The van der Waals surface area contributed by atoms with Crippen molar-refractivity contribution in [2.24, 2.45) is 0 Å². The number of benzene rings is 1. The van der Waals surface area contributed by atoms with E-state index in [1.165, 1.54) is 11.3 Å². The Morgan fingerprint density at radius 1 is 1.10 bits per heavy atom. The van der Waals surface area contributed by atoms with Crippen molar-refractivity contribution in [2.45, 2.75) is 51.6 Å². The Hall–Kier alpha value is -3.06. The molecule has 2 amide bonds. The zero-order valence-corrected chi connectivity index (χ0v) is 18.6. The van der Waals surface area contributed by atoms with E-state index in [0.29, 0.717) is 16.3 Å². The number of hydrogen-bond donors (Lipinski definition) is 1. The predicted molar refractivity (Wildman–Crippen MR) is 122 cm³/mol. The van der Waals surface area contributed by atoms with Gasteiger partial charge in [0.2, 0.25) is 5.91 Å². The highest BCUT2D eigenvalue weighted by atomic mass is 32.1. The maximum absolute atomic E-state index is 13.8. The van der Waals surface area contributed by atoms with E-state index in [4.69, 9.17) is 0 Å². The second kappa shape index (κ2) is 9.39. The van der Waals surface area contributed by atoms with Crippen molar-refractivity contribution in [2.75, 3.05) is 4.90 Å². The van der Waals surface area contributed by atoms with Gasteiger partial charge < -0.3 is 5.32 Å². The first-order valence-electron chi connectivity index (χ1n) is 10.6. The lowest BCUT2D eigenvalue weighted by Gasteiger charge is -2.32. The minimum absolute atomic E-state index is 0.150. The molecule has 1 aromatic carbocycles. The smallest absolute Gasteiger partial charge is 0.271 e. The van der Waals surface area contributed by atoms with Crippen molar-refractivity contribution in [1.82, 2.24) is 15.3 Å². The summed E-state index contributed by atoms with van der Waals surface area (Å²) >= 11 is 1.35. The van der Waals surface area contributed by atoms with Crippen LogP contribution in [0.15, 0.2) is 54.9 Å². The molecule has 1 saturated carbocycles. The summed E-state index contributed by atoms with van der Waals surface area (Å²) in [6.07, 6.45) is 7.46. The van der Waals surface area contributed by atoms with Crippen molar-refractivity contribution in [1.29, 1.82) is 0 Å². The molecule has 1 atom stereocenters. The van der Waals surface area contributed by atoms with E-state index < -0.39 is 6.04 Å². The molecule has 160 valence electrons. The number of carbonyl (C=O) groups excluding carboxylic acids is 2. The molecule has 1 N–H and O–H groups in total. The highest BCUT2D eigenvalue weighted by molar-refractivity contribution is 7.13. The number of thiazole rings is 1. The number of rotatable bonds is 6. The van der Waals surface area contributed by atoms with Crippen LogP contribution < -0.4 is 10.2 Å². The number of aromatic nitrogens is 2. The maximum atomic E-state index is 13.8. The quantitative estimate of drug-likeness (QED) is 0.615. The summed E-state index contributed by atoms with van der Waals surface area (Å²) in [5.74, 6) is -0.416. The van der Waals surface area contributed by atoms with Gasteiger partial charge in [-0.15, -0.1) is 11.3 Å². The average molecular weight is 435 g/mol. The van der Waals surface area contributed by atoms with Gasteiger partial charge in [-0.25, -0.2) is 4.98 Å². The van der Waals surface area contributed by atoms with Gasteiger partial charge in [-0.3, -0.25) is 19.5 Å². The molecular formula is C24H26N4O2S. The number of aryl methyl sites for hydroxylation is 2. The molecule has 3 aromatic rings. The van der Waals surface area contributed by atoms with Gasteiger partial charge in [0.05, 0.1) is 22.6 Å². The zero-order valence-electron chi connectivity index (χ0n) is 17.7. The number of carbonyl (C=O) groups is 2. The van der Waals surface area contributed by atoms with Crippen molar-refractivity contribution in [3.63, 3.8) is 0 Å². The van der Waals surface area contributed by atoms with E-state index in [-0.39, 0.29) is 17.9 Å². The lowest BCUT2D eigenvalue weighted by molar-refractivity contribution is -0.123. The molecule has 0 saturated heterocycles. The van der Waals surface area contributed by atoms with Gasteiger partial charge in [-0.05, 0) is 44.4 Å². The van der Waals surface area contributed by atoms with Gasteiger partial charge in [-0.2, -0.15) is 0 Å². The fourth-order valence-electron chi connectivity index (χ4n) is 4.12. The molecule has 1 aliphatic carbocycles. The number of nitrogens with zero attached hydrogens (tertiary/aromatic N) is 3. The third kappa shape index (κ3) is 4.66. The molecule has 0 bridgehead atoms. The molecule has 31 heavy (non-hydrogen) atoms. The van der Waals surface area contributed by atoms with Crippen LogP contribution in [0.25, 0.3) is 0 Å². The third-order valence-electron chi connectivity index (χ3n) is 5.56. The molecule has 1 fully saturated rings. The highest BCUT2D eigenvalue weighted by Gasteiger charge is 2.36. The van der Waals surface area contributed by atoms with Crippen molar-refractivity contribution in [3.05, 3.63) is 76.0 Å². The molecule has 1 aliphatic rings. The van der Waals surface area contributed by atoms with Gasteiger partial charge >= 0.3 is 0 Å². The van der Waals surface area contributed by atoms with E-state index in [2.05, 4.69) is 15.3 Å². The van der Waals surface area contributed by atoms with E-state index in [1.54, 1.807) is 23.4 Å². The largest absolute Gasteiger partial charge is 0.351 e. The van der Waals surface area contributed by atoms with Gasteiger partial charge in [0, 0.05) is 12.2 Å². The van der Waals surface area contributed by atoms with E-state index >= 15 is 0 Å². The Bertz CT molecular complexity index is 1050. The maximum Gasteiger partial charge on any atom is 0.271 e. The van der Waals surface area contributed by atoms with Crippen LogP contribution in [0.1, 0.15) is 57.7 Å². The first-order chi connectivity index (χ1) is 15.0. The molecule has 0 radical (unpaired) electrons. The lowest BCUT2D eigenvalue weighted by atomic mass is 10.0. The van der Waals surface area contributed by atoms with Crippen LogP contribution in [-0.4, -0.2) is 27.8 Å². The lowest BCUT2D eigenvalue weighted by Crippen LogP contribution is -2.46. The molecule has 0 aliphatic heterocycles. The number of anilines is 1. The molecule has 2 aromatic heterocycles. The van der Waals surface area contributed by atoms with E-state index in [1.807, 2.05) is 50.2 Å². The van der Waals surface area contributed by atoms with Crippen LogP contribution in [0.3, 0.4) is 0 Å². The summed E-state index contributed by atoms with van der Waals surface area (Å²) in [6.45, 7) is 3.71. The summed E-state index contributed by atoms with van der Waals surface area (Å²) < 4.78 is 0. The van der Waals surface area contributed by atoms with Crippen molar-refractivity contribution < 1.29 is 9.59 Å². The number of pyridine rings is 1. The average Bonchev–Trinajstić information content (AvgIpc) is 3.41. The molecule has 6 nitrogen and oxygen atoms in total. The fraction of sp³-hybridized carbons (Fsp3) is 0.333. The summed E-state index contributed by atoms with van der Waals surface area (Å²) in [5.41, 5.74) is 2.01. The Morgan fingerprint density at radius 3 is 2.45 bits per heavy atom. The number of hydrogen-bond acceptors (Lipinski definition) is 5.